The Morgan fingerprint density at radius 1 is 1.44 bits per heavy atom. The van der Waals surface area contributed by atoms with Crippen LogP contribution in [0.4, 0.5) is 0 Å². The van der Waals surface area contributed by atoms with Gasteiger partial charge in [0.25, 0.3) is 0 Å². The highest BCUT2D eigenvalue weighted by molar-refractivity contribution is 5.70. The number of carboxylic acid groups (broad SMARTS) is 1. The van der Waals surface area contributed by atoms with Crippen LogP contribution in [0.3, 0.4) is 0 Å². The van der Waals surface area contributed by atoms with Gasteiger partial charge in [-0.3, -0.25) is 4.79 Å². The van der Waals surface area contributed by atoms with E-state index in [9.17, 15) is 4.79 Å². The van der Waals surface area contributed by atoms with Crippen LogP contribution in [0.25, 0.3) is 0 Å². The fourth-order valence-electron chi connectivity index (χ4n) is 2.37. The summed E-state index contributed by atoms with van der Waals surface area (Å²) in [5.41, 5.74) is 2.10. The van der Waals surface area contributed by atoms with Crippen LogP contribution in [0.1, 0.15) is 44.2 Å². The molecule has 2 rings (SSSR count). The Morgan fingerprint density at radius 3 is 2.56 bits per heavy atom. The van der Waals surface area contributed by atoms with Gasteiger partial charge in [-0.1, -0.05) is 12.1 Å². The predicted molar refractivity (Wildman–Crippen MR) is 70.1 cm³/mol. The smallest absolute Gasteiger partial charge is 0.304 e. The maximum Gasteiger partial charge on any atom is 0.304 e. The Hall–Kier alpha value is -1.51. The summed E-state index contributed by atoms with van der Waals surface area (Å²) in [5.74, 6) is 0.174. The zero-order valence-corrected chi connectivity index (χ0v) is 11.2. The molecule has 0 unspecified atom stereocenters. The molecule has 0 radical (unpaired) electrons. The molecule has 0 atom stereocenters. The summed E-state index contributed by atoms with van der Waals surface area (Å²) in [4.78, 5) is 10.9. The first-order chi connectivity index (χ1) is 8.43. The molecule has 1 aliphatic carbocycles. The normalized spacial score (nSPS) is 16.7. The van der Waals surface area contributed by atoms with Crippen LogP contribution in [0.5, 0.6) is 5.75 Å². The van der Waals surface area contributed by atoms with Crippen LogP contribution < -0.4 is 4.74 Å². The van der Waals surface area contributed by atoms with E-state index in [4.69, 9.17) is 9.84 Å². The Labute approximate surface area is 108 Å². The molecule has 1 fully saturated rings. The molecule has 0 spiro atoms. The van der Waals surface area contributed by atoms with Crippen LogP contribution >= 0.6 is 0 Å². The maximum absolute atomic E-state index is 10.9. The zero-order chi connectivity index (χ0) is 13.3. The van der Waals surface area contributed by atoms with E-state index in [0.29, 0.717) is 0 Å². The van der Waals surface area contributed by atoms with Crippen molar-refractivity contribution in [3.05, 3.63) is 29.3 Å². The number of carboxylic acids is 1. The van der Waals surface area contributed by atoms with Crippen LogP contribution in [-0.2, 0) is 10.2 Å². The third-order valence-corrected chi connectivity index (χ3v) is 3.49. The average molecular weight is 248 g/mol. The van der Waals surface area contributed by atoms with Gasteiger partial charge in [0.15, 0.2) is 0 Å². The SMILES string of the molecule is Cc1cc(C2(CC(=O)O)CC2)ccc1OC(C)C. The summed E-state index contributed by atoms with van der Waals surface area (Å²) < 4.78 is 5.70. The van der Waals surface area contributed by atoms with Crippen LogP contribution in [0, 0.1) is 6.92 Å². The first kappa shape index (κ1) is 12.9. The lowest BCUT2D eigenvalue weighted by Crippen LogP contribution is -2.13. The molecule has 0 bridgehead atoms. The van der Waals surface area contributed by atoms with Gasteiger partial charge in [0.1, 0.15) is 5.75 Å². The Kier molecular flexibility index (Phi) is 3.33. The Balaban J connectivity index is 2.21. The van der Waals surface area contributed by atoms with Crippen molar-refractivity contribution in [2.75, 3.05) is 0 Å². The zero-order valence-electron chi connectivity index (χ0n) is 11.2. The third kappa shape index (κ3) is 2.66. The van der Waals surface area contributed by atoms with Crippen molar-refractivity contribution in [1.29, 1.82) is 0 Å². The molecule has 0 amide bonds. The molecule has 98 valence electrons. The number of hydrogen-bond donors (Lipinski definition) is 1. The third-order valence-electron chi connectivity index (χ3n) is 3.49. The van der Waals surface area contributed by atoms with Crippen molar-refractivity contribution < 1.29 is 14.6 Å². The van der Waals surface area contributed by atoms with Crippen molar-refractivity contribution in [2.45, 2.75) is 51.6 Å². The van der Waals surface area contributed by atoms with E-state index >= 15 is 0 Å². The van der Waals surface area contributed by atoms with Crippen molar-refractivity contribution in [1.82, 2.24) is 0 Å². The summed E-state index contributed by atoms with van der Waals surface area (Å²) in [7, 11) is 0. The molecule has 1 aromatic rings. The highest BCUT2D eigenvalue weighted by Crippen LogP contribution is 2.51. The number of ether oxygens (including phenoxy) is 1. The topological polar surface area (TPSA) is 46.5 Å². The lowest BCUT2D eigenvalue weighted by atomic mass is 9.91. The van der Waals surface area contributed by atoms with E-state index in [1.54, 1.807) is 0 Å². The molecule has 0 saturated heterocycles. The first-order valence-electron chi connectivity index (χ1n) is 6.42. The van der Waals surface area contributed by atoms with Crippen molar-refractivity contribution in [3.63, 3.8) is 0 Å². The molecule has 3 heteroatoms. The Morgan fingerprint density at radius 2 is 2.11 bits per heavy atom. The van der Waals surface area contributed by atoms with E-state index in [-0.39, 0.29) is 17.9 Å². The maximum atomic E-state index is 10.9. The molecular weight excluding hydrogens is 228 g/mol. The van der Waals surface area contributed by atoms with E-state index in [1.165, 1.54) is 0 Å². The summed E-state index contributed by atoms with van der Waals surface area (Å²) in [6.07, 6.45) is 2.34. The van der Waals surface area contributed by atoms with Gasteiger partial charge >= 0.3 is 5.97 Å². The molecule has 1 aliphatic rings. The summed E-state index contributed by atoms with van der Waals surface area (Å²) in [6.45, 7) is 6.01. The molecular formula is C15H20O3. The van der Waals surface area contributed by atoms with Crippen LogP contribution in [0.15, 0.2) is 18.2 Å². The second-order valence-corrected chi connectivity index (χ2v) is 5.50. The van der Waals surface area contributed by atoms with Gasteiger partial charge in [-0.05, 0) is 50.8 Å². The molecule has 1 N–H and O–H groups in total. The molecule has 0 aromatic heterocycles. The van der Waals surface area contributed by atoms with Crippen molar-refractivity contribution in [3.8, 4) is 5.75 Å². The van der Waals surface area contributed by atoms with Gasteiger partial charge in [-0.25, -0.2) is 0 Å². The lowest BCUT2D eigenvalue weighted by molar-refractivity contribution is -0.137. The summed E-state index contributed by atoms with van der Waals surface area (Å²) in [5, 5.41) is 8.97. The van der Waals surface area contributed by atoms with Gasteiger partial charge in [0, 0.05) is 5.41 Å². The van der Waals surface area contributed by atoms with E-state index in [1.807, 2.05) is 32.9 Å². The second kappa shape index (κ2) is 4.63. The Bertz CT molecular complexity index is 459. The molecule has 0 aliphatic heterocycles. The molecule has 1 saturated carbocycles. The minimum absolute atomic E-state index is 0.118. The summed E-state index contributed by atoms with van der Waals surface area (Å²) >= 11 is 0. The molecule has 0 heterocycles. The van der Waals surface area contributed by atoms with Gasteiger partial charge in [0.2, 0.25) is 0 Å². The van der Waals surface area contributed by atoms with E-state index < -0.39 is 5.97 Å². The molecule has 1 aromatic carbocycles. The number of hydrogen-bond acceptors (Lipinski definition) is 2. The molecule has 3 nitrogen and oxygen atoms in total. The monoisotopic (exact) mass is 248 g/mol. The van der Waals surface area contributed by atoms with E-state index in [2.05, 4.69) is 6.07 Å². The number of aryl methyl sites for hydroxylation is 1. The minimum Gasteiger partial charge on any atom is -0.491 e. The number of benzene rings is 1. The summed E-state index contributed by atoms with van der Waals surface area (Å²) in [6, 6.07) is 6.06. The van der Waals surface area contributed by atoms with Crippen molar-refractivity contribution >= 4 is 5.97 Å². The standard InChI is InChI=1S/C15H20O3/c1-10(2)18-13-5-4-12(8-11(13)3)15(6-7-15)9-14(16)17/h4-5,8,10H,6-7,9H2,1-3H3,(H,16,17). The fraction of sp³-hybridized carbons (Fsp3) is 0.533. The first-order valence-corrected chi connectivity index (χ1v) is 6.42. The minimum atomic E-state index is -0.715. The fourth-order valence-corrected chi connectivity index (χ4v) is 2.37. The number of aliphatic carboxylic acids is 1. The highest BCUT2D eigenvalue weighted by Gasteiger charge is 2.46. The quantitative estimate of drug-likeness (QED) is 0.869. The van der Waals surface area contributed by atoms with Gasteiger partial charge in [-0.15, -0.1) is 0 Å². The second-order valence-electron chi connectivity index (χ2n) is 5.50. The van der Waals surface area contributed by atoms with Gasteiger partial charge in [-0.2, -0.15) is 0 Å². The molecule has 18 heavy (non-hydrogen) atoms. The lowest BCUT2D eigenvalue weighted by Gasteiger charge is -2.17. The van der Waals surface area contributed by atoms with Crippen LogP contribution in [0.2, 0.25) is 0 Å². The van der Waals surface area contributed by atoms with E-state index in [0.717, 1.165) is 29.7 Å². The van der Waals surface area contributed by atoms with Crippen molar-refractivity contribution in [2.24, 2.45) is 0 Å². The number of rotatable bonds is 5. The number of carbonyl (C=O) groups is 1. The largest absolute Gasteiger partial charge is 0.491 e. The predicted octanol–water partition coefficient (Wildman–Crippen LogP) is 3.29. The van der Waals surface area contributed by atoms with Gasteiger partial charge in [0.05, 0.1) is 12.5 Å². The average Bonchev–Trinajstić information content (AvgIpc) is 3.00. The van der Waals surface area contributed by atoms with Crippen LogP contribution in [-0.4, -0.2) is 17.2 Å². The highest BCUT2D eigenvalue weighted by atomic mass is 16.5. The van der Waals surface area contributed by atoms with Gasteiger partial charge < -0.3 is 9.84 Å².